The summed E-state index contributed by atoms with van der Waals surface area (Å²) in [6.45, 7) is 2.47. The summed E-state index contributed by atoms with van der Waals surface area (Å²) < 4.78 is 0. The number of rotatable bonds is 1. The quantitative estimate of drug-likeness (QED) is 0.673. The lowest BCUT2D eigenvalue weighted by Crippen LogP contribution is -2.46. The van der Waals surface area contributed by atoms with Gasteiger partial charge in [0.15, 0.2) is 5.78 Å². The van der Waals surface area contributed by atoms with Crippen LogP contribution in [0.3, 0.4) is 0 Å². The van der Waals surface area contributed by atoms with Crippen LogP contribution in [-0.2, 0) is 9.59 Å². The zero-order valence-electron chi connectivity index (χ0n) is 11.3. The highest BCUT2D eigenvalue weighted by Crippen LogP contribution is 2.55. The van der Waals surface area contributed by atoms with Crippen molar-refractivity contribution in [2.45, 2.75) is 45.1 Å². The minimum atomic E-state index is -0.306. The second-order valence-corrected chi connectivity index (χ2v) is 6.03. The van der Waals surface area contributed by atoms with Crippen molar-refractivity contribution in [3.63, 3.8) is 0 Å². The van der Waals surface area contributed by atoms with Crippen molar-refractivity contribution in [2.24, 2.45) is 11.3 Å². The van der Waals surface area contributed by atoms with Gasteiger partial charge in [0.1, 0.15) is 0 Å². The summed E-state index contributed by atoms with van der Waals surface area (Å²) in [4.78, 5) is 26.7. The Morgan fingerprint density at radius 1 is 1.47 bits per heavy atom. The van der Waals surface area contributed by atoms with Crippen LogP contribution in [0.4, 0.5) is 0 Å². The number of ketones is 1. The second-order valence-electron chi connectivity index (χ2n) is 6.03. The van der Waals surface area contributed by atoms with E-state index in [0.717, 1.165) is 31.3 Å². The number of hydrogen-bond acceptors (Lipinski definition) is 2. The molecule has 0 radical (unpaired) electrons. The van der Waals surface area contributed by atoms with E-state index in [-0.39, 0.29) is 29.1 Å². The van der Waals surface area contributed by atoms with E-state index >= 15 is 0 Å². The fraction of sp³-hybridized carbons (Fsp3) is 0.625. The third-order valence-electron chi connectivity index (χ3n) is 5.21. The normalized spacial score (nSPS) is 37.5. The van der Waals surface area contributed by atoms with Gasteiger partial charge in [-0.25, -0.2) is 0 Å². The maximum atomic E-state index is 12.6. The molecule has 1 saturated heterocycles. The smallest absolute Gasteiger partial charge is 0.227 e. The number of Topliss-reactive ketones (excluding diaryl/α,β-unsaturated/α-hetero) is 1. The molecule has 0 N–H and O–H groups in total. The van der Waals surface area contributed by atoms with Gasteiger partial charge in [0, 0.05) is 23.8 Å². The van der Waals surface area contributed by atoms with Crippen LogP contribution < -0.4 is 0 Å². The van der Waals surface area contributed by atoms with Gasteiger partial charge in [-0.1, -0.05) is 18.9 Å². The van der Waals surface area contributed by atoms with Crippen LogP contribution in [0.5, 0.6) is 0 Å². The van der Waals surface area contributed by atoms with Crippen LogP contribution >= 0.6 is 0 Å². The molecule has 0 unspecified atom stereocenters. The Kier molecular flexibility index (Phi) is 2.78. The predicted octanol–water partition coefficient (Wildman–Crippen LogP) is 1.93. The molecule has 1 saturated carbocycles. The highest BCUT2D eigenvalue weighted by molar-refractivity contribution is 6.00. The topological polar surface area (TPSA) is 37.4 Å². The van der Waals surface area contributed by atoms with Gasteiger partial charge >= 0.3 is 0 Å². The summed E-state index contributed by atoms with van der Waals surface area (Å²) >= 11 is 0. The molecule has 3 aliphatic rings. The fourth-order valence-corrected chi connectivity index (χ4v) is 4.30. The van der Waals surface area contributed by atoms with E-state index in [1.807, 2.05) is 4.90 Å². The minimum absolute atomic E-state index is 0.0520. The number of terminal acetylenes is 1. The molecule has 3 atom stereocenters. The predicted molar refractivity (Wildman–Crippen MR) is 72.1 cm³/mol. The van der Waals surface area contributed by atoms with E-state index in [9.17, 15) is 9.59 Å². The Labute approximate surface area is 114 Å². The zero-order valence-corrected chi connectivity index (χ0v) is 11.3. The molecule has 0 aromatic carbocycles. The Morgan fingerprint density at radius 2 is 2.26 bits per heavy atom. The van der Waals surface area contributed by atoms with Crippen LogP contribution in [0.1, 0.15) is 39.0 Å². The first-order valence-electron chi connectivity index (χ1n) is 7.08. The number of hydrogen-bond donors (Lipinski definition) is 0. The van der Waals surface area contributed by atoms with Crippen LogP contribution in [0, 0.1) is 23.7 Å². The van der Waals surface area contributed by atoms with Crippen molar-refractivity contribution in [1.29, 1.82) is 0 Å². The fourth-order valence-electron chi connectivity index (χ4n) is 4.30. The molecular weight excluding hydrogens is 238 g/mol. The summed E-state index contributed by atoms with van der Waals surface area (Å²) in [5.74, 6) is 2.94. The van der Waals surface area contributed by atoms with Crippen LogP contribution in [0.2, 0.25) is 0 Å². The number of carbonyl (C=O) groups is 2. The van der Waals surface area contributed by atoms with E-state index in [2.05, 4.69) is 18.9 Å². The van der Waals surface area contributed by atoms with Crippen LogP contribution in [0.25, 0.3) is 0 Å². The largest absolute Gasteiger partial charge is 0.327 e. The third kappa shape index (κ3) is 1.52. The SMILES string of the molecule is C#CCN1C(=O)[C@@H]2CCCC=C3C(=O)CC[C@H]1[C@@]32C. The summed E-state index contributed by atoms with van der Waals surface area (Å²) in [6, 6.07) is 0.114. The average Bonchev–Trinajstić information content (AvgIpc) is 2.53. The molecule has 100 valence electrons. The average molecular weight is 257 g/mol. The van der Waals surface area contributed by atoms with Gasteiger partial charge in [-0.05, 0) is 31.3 Å². The summed E-state index contributed by atoms with van der Waals surface area (Å²) in [7, 11) is 0. The zero-order chi connectivity index (χ0) is 13.6. The van der Waals surface area contributed by atoms with E-state index in [1.165, 1.54) is 0 Å². The first-order chi connectivity index (χ1) is 9.10. The van der Waals surface area contributed by atoms with Gasteiger partial charge in [-0.15, -0.1) is 6.42 Å². The van der Waals surface area contributed by atoms with E-state index in [1.54, 1.807) is 0 Å². The number of nitrogens with zero attached hydrogens (tertiary/aromatic N) is 1. The Balaban J connectivity index is 2.11. The lowest BCUT2D eigenvalue weighted by Gasteiger charge is -2.41. The summed E-state index contributed by atoms with van der Waals surface area (Å²) in [6.07, 6.45) is 11.6. The molecule has 0 spiro atoms. The maximum absolute atomic E-state index is 12.6. The van der Waals surface area contributed by atoms with Gasteiger partial charge in [-0.3, -0.25) is 9.59 Å². The first kappa shape index (κ1) is 12.5. The number of likely N-dealkylation sites (tertiary alicyclic amines) is 1. The van der Waals surface area contributed by atoms with E-state index < -0.39 is 0 Å². The van der Waals surface area contributed by atoms with Gasteiger partial charge < -0.3 is 4.90 Å². The number of allylic oxidation sites excluding steroid dienone is 1. The highest BCUT2D eigenvalue weighted by atomic mass is 16.2. The van der Waals surface area contributed by atoms with Crippen molar-refractivity contribution in [1.82, 2.24) is 4.90 Å². The summed E-state index contributed by atoms with van der Waals surface area (Å²) in [5.41, 5.74) is 0.596. The van der Waals surface area contributed by atoms with Gasteiger partial charge in [0.25, 0.3) is 0 Å². The molecular formula is C16H19NO2. The Morgan fingerprint density at radius 3 is 3.00 bits per heavy atom. The highest BCUT2D eigenvalue weighted by Gasteiger charge is 2.60. The van der Waals surface area contributed by atoms with Crippen LogP contribution in [-0.4, -0.2) is 29.2 Å². The molecule has 3 heteroatoms. The van der Waals surface area contributed by atoms with Crippen molar-refractivity contribution < 1.29 is 9.59 Å². The number of carbonyl (C=O) groups excluding carboxylic acids is 2. The molecule has 1 heterocycles. The molecule has 0 aromatic rings. The standard InChI is InChI=1S/C16H19NO2/c1-3-10-17-14-9-8-13(18)11-6-4-5-7-12(15(17)19)16(11,14)2/h1,6,12,14H,4-5,7-10H2,2H3/t12-,14-,16-/m0/s1. The van der Waals surface area contributed by atoms with Gasteiger partial charge in [-0.2, -0.15) is 0 Å². The van der Waals surface area contributed by atoms with Crippen molar-refractivity contribution in [2.75, 3.05) is 6.54 Å². The van der Waals surface area contributed by atoms with Crippen molar-refractivity contribution in [3.8, 4) is 12.3 Å². The molecule has 1 aliphatic heterocycles. The molecule has 3 rings (SSSR count). The molecule has 0 bridgehead atoms. The van der Waals surface area contributed by atoms with Gasteiger partial charge in [0.05, 0.1) is 6.54 Å². The van der Waals surface area contributed by atoms with E-state index in [4.69, 9.17) is 6.42 Å². The monoisotopic (exact) mass is 257 g/mol. The molecule has 19 heavy (non-hydrogen) atoms. The van der Waals surface area contributed by atoms with Crippen LogP contribution in [0.15, 0.2) is 11.6 Å². The van der Waals surface area contributed by atoms with Gasteiger partial charge in [0.2, 0.25) is 5.91 Å². The Hall–Kier alpha value is -1.56. The van der Waals surface area contributed by atoms with E-state index in [0.29, 0.717) is 13.0 Å². The summed E-state index contributed by atoms with van der Waals surface area (Å²) in [5, 5.41) is 0. The lowest BCUT2D eigenvalue weighted by molar-refractivity contribution is -0.131. The molecule has 0 aromatic heterocycles. The Bertz CT molecular complexity index is 513. The molecule has 2 aliphatic carbocycles. The molecule has 1 amide bonds. The van der Waals surface area contributed by atoms with Crippen molar-refractivity contribution >= 4 is 11.7 Å². The van der Waals surface area contributed by atoms with Crippen molar-refractivity contribution in [3.05, 3.63) is 11.6 Å². The lowest BCUT2D eigenvalue weighted by atomic mass is 9.63. The number of amides is 1. The second kappa shape index (κ2) is 4.23. The molecule has 3 nitrogen and oxygen atoms in total. The first-order valence-corrected chi connectivity index (χ1v) is 7.08. The molecule has 2 fully saturated rings. The maximum Gasteiger partial charge on any atom is 0.227 e. The third-order valence-corrected chi connectivity index (χ3v) is 5.21. The minimum Gasteiger partial charge on any atom is -0.327 e.